The van der Waals surface area contributed by atoms with Crippen molar-refractivity contribution >= 4 is 5.91 Å². The molecule has 0 saturated carbocycles. The summed E-state index contributed by atoms with van der Waals surface area (Å²) in [5.41, 5.74) is 9.99. The summed E-state index contributed by atoms with van der Waals surface area (Å²) in [7, 11) is 1.64. The minimum absolute atomic E-state index is 0.00465. The Labute approximate surface area is 198 Å². The third-order valence-electron chi connectivity index (χ3n) is 6.96. The van der Waals surface area contributed by atoms with Gasteiger partial charge >= 0.3 is 0 Å². The summed E-state index contributed by atoms with van der Waals surface area (Å²) in [6, 6.07) is 18.8. The van der Waals surface area contributed by atoms with E-state index in [1.54, 1.807) is 7.11 Å². The maximum absolute atomic E-state index is 14.1. The smallest absolute Gasteiger partial charge is 0.242 e. The quantitative estimate of drug-likeness (QED) is 0.521. The molecule has 176 valence electrons. The lowest BCUT2D eigenvalue weighted by atomic mass is 9.83. The Morgan fingerprint density at radius 1 is 1.00 bits per heavy atom. The molecule has 2 heterocycles. The van der Waals surface area contributed by atoms with E-state index in [1.165, 1.54) is 18.2 Å². The number of hydrazine groups is 1. The van der Waals surface area contributed by atoms with Gasteiger partial charge in [-0.3, -0.25) is 4.79 Å². The zero-order valence-electron chi connectivity index (χ0n) is 19.2. The Morgan fingerprint density at radius 3 is 2.41 bits per heavy atom. The summed E-state index contributed by atoms with van der Waals surface area (Å²) >= 11 is 0. The third kappa shape index (κ3) is 4.02. The highest BCUT2D eigenvalue weighted by Crippen LogP contribution is 2.48. The van der Waals surface area contributed by atoms with Crippen molar-refractivity contribution < 1.29 is 19.0 Å². The normalized spacial score (nSPS) is 23.9. The number of likely N-dealkylation sites (tertiary alicyclic amines) is 1. The number of fused-ring (bicyclic) bond motifs is 1. The molecule has 3 aromatic carbocycles. The first-order valence-electron chi connectivity index (χ1n) is 11.5. The van der Waals surface area contributed by atoms with Crippen LogP contribution < -0.4 is 15.6 Å². The van der Waals surface area contributed by atoms with Gasteiger partial charge in [-0.2, -0.15) is 0 Å². The Kier molecular flexibility index (Phi) is 5.98. The second-order valence-corrected chi connectivity index (χ2v) is 9.01. The SMILES string of the molecule is COc1ccc(CCN2C(=O)C3NNC(c4cc(F)ccc4O)C3C2c2ccc(C)cc2)cc1. The first kappa shape index (κ1) is 22.4. The van der Waals surface area contributed by atoms with Crippen LogP contribution in [-0.4, -0.2) is 35.6 Å². The lowest BCUT2D eigenvalue weighted by molar-refractivity contribution is -0.130. The monoisotopic (exact) mass is 461 g/mol. The standard InChI is InChI=1S/C27H28FN3O3/c1-16-3-7-18(8-4-16)26-23-24(21-15-19(28)9-12-22(21)32)29-30-25(23)27(33)31(26)14-13-17-5-10-20(34-2)11-6-17/h3-12,15,23-26,29-30,32H,13-14H2,1-2H3. The fraction of sp³-hybridized carbons (Fsp3) is 0.296. The van der Waals surface area contributed by atoms with Crippen LogP contribution in [0.2, 0.25) is 0 Å². The zero-order valence-corrected chi connectivity index (χ0v) is 19.2. The first-order chi connectivity index (χ1) is 16.5. The molecule has 2 fully saturated rings. The van der Waals surface area contributed by atoms with Gasteiger partial charge in [0.25, 0.3) is 0 Å². The molecule has 4 unspecified atom stereocenters. The molecule has 2 saturated heterocycles. The van der Waals surface area contributed by atoms with Crippen LogP contribution in [0.4, 0.5) is 4.39 Å². The van der Waals surface area contributed by atoms with Gasteiger partial charge in [-0.15, -0.1) is 0 Å². The van der Waals surface area contributed by atoms with Crippen molar-refractivity contribution in [1.82, 2.24) is 15.8 Å². The Balaban J connectivity index is 1.49. The van der Waals surface area contributed by atoms with Crippen molar-refractivity contribution in [2.24, 2.45) is 5.92 Å². The van der Waals surface area contributed by atoms with Crippen LogP contribution in [0.25, 0.3) is 0 Å². The molecule has 7 heteroatoms. The van der Waals surface area contributed by atoms with Crippen LogP contribution in [0.1, 0.15) is 34.3 Å². The molecule has 4 atom stereocenters. The predicted molar refractivity (Wildman–Crippen MR) is 127 cm³/mol. The number of phenols is 1. The van der Waals surface area contributed by atoms with Gasteiger partial charge in [0.05, 0.1) is 19.2 Å². The number of nitrogens with one attached hydrogen (secondary N) is 2. The van der Waals surface area contributed by atoms with Crippen LogP contribution in [0.3, 0.4) is 0 Å². The summed E-state index contributed by atoms with van der Waals surface area (Å²) in [5.74, 6) is 0.147. The highest BCUT2D eigenvalue weighted by atomic mass is 19.1. The van der Waals surface area contributed by atoms with Crippen LogP contribution in [0.5, 0.6) is 11.5 Å². The highest BCUT2D eigenvalue weighted by molar-refractivity contribution is 5.86. The number of carbonyl (C=O) groups excluding carboxylic acids is 1. The van der Waals surface area contributed by atoms with Crippen molar-refractivity contribution in [3.05, 3.63) is 94.8 Å². The van der Waals surface area contributed by atoms with E-state index >= 15 is 0 Å². The number of amides is 1. The lowest BCUT2D eigenvalue weighted by Crippen LogP contribution is -2.42. The molecule has 1 amide bonds. The first-order valence-corrected chi connectivity index (χ1v) is 11.5. The van der Waals surface area contributed by atoms with Crippen LogP contribution >= 0.6 is 0 Å². The fourth-order valence-corrected chi connectivity index (χ4v) is 5.20. The van der Waals surface area contributed by atoms with Gasteiger partial charge in [0.2, 0.25) is 5.91 Å². The van der Waals surface area contributed by atoms with Gasteiger partial charge in [-0.05, 0) is 54.8 Å². The number of nitrogens with zero attached hydrogens (tertiary/aromatic N) is 1. The minimum Gasteiger partial charge on any atom is -0.508 e. The number of aromatic hydroxyl groups is 1. The molecule has 2 aliphatic heterocycles. The Hall–Kier alpha value is -3.42. The van der Waals surface area contributed by atoms with Crippen LogP contribution in [0, 0.1) is 18.7 Å². The highest BCUT2D eigenvalue weighted by Gasteiger charge is 2.55. The maximum Gasteiger partial charge on any atom is 0.242 e. The molecule has 3 N–H and O–H groups in total. The van der Waals surface area contributed by atoms with E-state index in [-0.39, 0.29) is 23.6 Å². The van der Waals surface area contributed by atoms with Gasteiger partial charge in [-0.1, -0.05) is 42.0 Å². The number of carbonyl (C=O) groups is 1. The van der Waals surface area contributed by atoms with Crippen molar-refractivity contribution in [1.29, 1.82) is 0 Å². The molecule has 34 heavy (non-hydrogen) atoms. The minimum atomic E-state index is -0.477. The molecule has 3 aromatic rings. The van der Waals surface area contributed by atoms with Gasteiger partial charge in [0, 0.05) is 18.0 Å². The second kappa shape index (κ2) is 9.08. The molecule has 0 spiro atoms. The fourth-order valence-electron chi connectivity index (χ4n) is 5.20. The number of phenolic OH excluding ortho intramolecular Hbond substituents is 1. The summed E-state index contributed by atoms with van der Waals surface area (Å²) in [4.78, 5) is 15.5. The van der Waals surface area contributed by atoms with Crippen molar-refractivity contribution in [3.8, 4) is 11.5 Å². The predicted octanol–water partition coefficient (Wildman–Crippen LogP) is 3.81. The van der Waals surface area contributed by atoms with E-state index in [0.717, 1.165) is 22.4 Å². The number of methoxy groups -OCH3 is 1. The van der Waals surface area contributed by atoms with E-state index < -0.39 is 17.9 Å². The second-order valence-electron chi connectivity index (χ2n) is 9.01. The van der Waals surface area contributed by atoms with Gasteiger partial charge in [0.1, 0.15) is 23.4 Å². The molecule has 2 aliphatic rings. The number of ether oxygens (including phenoxy) is 1. The average molecular weight is 462 g/mol. The van der Waals surface area contributed by atoms with Gasteiger partial charge < -0.3 is 14.7 Å². The number of hydrogen-bond donors (Lipinski definition) is 3. The summed E-state index contributed by atoms with van der Waals surface area (Å²) < 4.78 is 19.3. The molecule has 0 radical (unpaired) electrons. The van der Waals surface area contributed by atoms with E-state index in [2.05, 4.69) is 23.0 Å². The van der Waals surface area contributed by atoms with E-state index in [0.29, 0.717) is 18.5 Å². The molecule has 0 bridgehead atoms. The largest absolute Gasteiger partial charge is 0.508 e. The lowest BCUT2D eigenvalue weighted by Gasteiger charge is -2.31. The number of rotatable bonds is 6. The molecule has 0 aliphatic carbocycles. The van der Waals surface area contributed by atoms with Crippen LogP contribution in [-0.2, 0) is 11.2 Å². The summed E-state index contributed by atoms with van der Waals surface area (Å²) in [6.45, 7) is 2.57. The van der Waals surface area contributed by atoms with Crippen LogP contribution in [0.15, 0.2) is 66.7 Å². The Morgan fingerprint density at radius 2 is 1.71 bits per heavy atom. The van der Waals surface area contributed by atoms with E-state index in [4.69, 9.17) is 4.74 Å². The van der Waals surface area contributed by atoms with E-state index in [9.17, 15) is 14.3 Å². The summed E-state index contributed by atoms with van der Waals surface area (Å²) in [5, 5.41) is 10.5. The van der Waals surface area contributed by atoms with Crippen molar-refractivity contribution in [3.63, 3.8) is 0 Å². The third-order valence-corrected chi connectivity index (χ3v) is 6.96. The van der Waals surface area contributed by atoms with Gasteiger partial charge in [-0.25, -0.2) is 15.2 Å². The topological polar surface area (TPSA) is 73.8 Å². The number of halogens is 1. The molecule has 5 rings (SSSR count). The van der Waals surface area contributed by atoms with Crippen molar-refractivity contribution in [2.75, 3.05) is 13.7 Å². The van der Waals surface area contributed by atoms with Gasteiger partial charge in [0.15, 0.2) is 0 Å². The molecular weight excluding hydrogens is 433 g/mol. The number of aryl methyl sites for hydroxylation is 1. The molecular formula is C27H28FN3O3. The number of benzene rings is 3. The molecule has 0 aromatic heterocycles. The zero-order chi connectivity index (χ0) is 23.8. The number of hydrogen-bond acceptors (Lipinski definition) is 5. The average Bonchev–Trinajstić information content (AvgIpc) is 3.39. The maximum atomic E-state index is 14.1. The van der Waals surface area contributed by atoms with E-state index in [1.807, 2.05) is 48.2 Å². The van der Waals surface area contributed by atoms with Crippen molar-refractivity contribution in [2.45, 2.75) is 31.5 Å². The molecule has 6 nitrogen and oxygen atoms in total. The Bertz CT molecular complexity index is 1180. The summed E-state index contributed by atoms with van der Waals surface area (Å²) in [6.07, 6.45) is 0.695.